The van der Waals surface area contributed by atoms with Crippen LogP contribution in [0.15, 0.2) is 24.3 Å². The predicted octanol–water partition coefficient (Wildman–Crippen LogP) is 0.0156. The summed E-state index contributed by atoms with van der Waals surface area (Å²) in [5, 5.41) is 15.8. The van der Waals surface area contributed by atoms with E-state index in [2.05, 4.69) is 13.2 Å². The summed E-state index contributed by atoms with van der Waals surface area (Å²) in [5.74, 6) is -1.87. The first-order valence-corrected chi connectivity index (χ1v) is 6.97. The Balaban J connectivity index is -0.0000000871. The van der Waals surface area contributed by atoms with E-state index in [1.807, 2.05) is 0 Å². The van der Waals surface area contributed by atoms with Crippen LogP contribution in [0.4, 0.5) is 0 Å². The van der Waals surface area contributed by atoms with Crippen LogP contribution >= 0.6 is 16.5 Å². The summed E-state index contributed by atoms with van der Waals surface area (Å²) >= 11 is 0. The van der Waals surface area contributed by atoms with Crippen LogP contribution in [0.1, 0.15) is 13.8 Å². The molecule has 0 fully saturated rings. The number of rotatable bonds is 2. The van der Waals surface area contributed by atoms with Gasteiger partial charge in [0.1, 0.15) is 0 Å². The largest absolute Gasteiger partial charge is 0.478 e. The van der Waals surface area contributed by atoms with E-state index in [4.69, 9.17) is 38.9 Å². The molecule has 0 aromatic heterocycles. The van der Waals surface area contributed by atoms with Crippen LogP contribution < -0.4 is 0 Å². The van der Waals surface area contributed by atoms with Crippen LogP contribution in [-0.4, -0.2) is 41.7 Å². The molecule has 0 rings (SSSR count). The topological polar surface area (TPSA) is 190 Å². The Morgan fingerprint density at radius 3 is 0.800 bits per heavy atom. The monoisotopic (exact) mass is 336 g/mol. The van der Waals surface area contributed by atoms with E-state index >= 15 is 0 Å². The maximum atomic E-state index is 9.60. The van der Waals surface area contributed by atoms with Gasteiger partial charge in [0.2, 0.25) is 0 Å². The van der Waals surface area contributed by atoms with E-state index in [0.717, 1.165) is 0 Å². The SMILES string of the molecule is C=C(C)C(=O)O.C=C(C)C(=O)O.O=[PH](O)O.O=[PH](O)O. The lowest BCUT2D eigenvalue weighted by molar-refractivity contribution is -0.133. The maximum Gasteiger partial charge on any atom is 0.330 e. The molecule has 0 aromatic carbocycles. The molecular formula is C8H18O10P2. The summed E-state index contributed by atoms with van der Waals surface area (Å²) < 4.78 is 17.5. The molecular weight excluding hydrogens is 318 g/mol. The number of aliphatic carboxylic acids is 2. The highest BCUT2D eigenvalue weighted by Crippen LogP contribution is 1.98. The van der Waals surface area contributed by atoms with Crippen LogP contribution in [0.2, 0.25) is 0 Å². The fourth-order valence-corrected chi connectivity index (χ4v) is 0. The van der Waals surface area contributed by atoms with Crippen LogP contribution in [0.5, 0.6) is 0 Å². The number of hydrogen-bond donors (Lipinski definition) is 6. The van der Waals surface area contributed by atoms with Crippen LogP contribution in [0, 0.1) is 0 Å². The lowest BCUT2D eigenvalue weighted by Gasteiger charge is -1.79. The first-order chi connectivity index (χ1) is 8.75. The zero-order chi connectivity index (χ0) is 17.5. The molecule has 0 aliphatic carbocycles. The van der Waals surface area contributed by atoms with Crippen molar-refractivity contribution in [2.24, 2.45) is 0 Å². The Morgan fingerprint density at radius 2 is 0.800 bits per heavy atom. The van der Waals surface area contributed by atoms with Crippen molar-refractivity contribution in [3.63, 3.8) is 0 Å². The second-order valence-electron chi connectivity index (χ2n) is 2.74. The highest BCUT2D eigenvalue weighted by atomic mass is 31.1. The minimum absolute atomic E-state index is 0.176. The summed E-state index contributed by atoms with van der Waals surface area (Å²) in [4.78, 5) is 47.8. The molecule has 0 unspecified atom stereocenters. The van der Waals surface area contributed by atoms with Gasteiger partial charge in [-0.3, -0.25) is 9.13 Å². The molecule has 0 saturated carbocycles. The van der Waals surface area contributed by atoms with Gasteiger partial charge in [0.25, 0.3) is 0 Å². The summed E-state index contributed by atoms with van der Waals surface area (Å²) in [5.41, 5.74) is 0.352. The van der Waals surface area contributed by atoms with Gasteiger partial charge in [-0.15, -0.1) is 0 Å². The highest BCUT2D eigenvalue weighted by Gasteiger charge is 1.90. The third-order valence-electron chi connectivity index (χ3n) is 0.730. The summed E-state index contributed by atoms with van der Waals surface area (Å²) in [6, 6.07) is 0. The normalized spacial score (nSPS) is 8.00. The Kier molecular flexibility index (Phi) is 24.0. The van der Waals surface area contributed by atoms with Crippen molar-refractivity contribution in [2.45, 2.75) is 13.8 Å². The molecule has 0 spiro atoms. The number of carboxylic acid groups (broad SMARTS) is 2. The number of hydrogen-bond acceptors (Lipinski definition) is 4. The van der Waals surface area contributed by atoms with Crippen LogP contribution in [0.3, 0.4) is 0 Å². The molecule has 10 nitrogen and oxygen atoms in total. The summed E-state index contributed by atoms with van der Waals surface area (Å²) in [6.45, 7) is 9.20. The number of carbonyl (C=O) groups is 2. The molecule has 0 amide bonds. The first-order valence-electron chi connectivity index (χ1n) is 4.37. The van der Waals surface area contributed by atoms with E-state index in [9.17, 15) is 9.59 Å². The molecule has 0 radical (unpaired) electrons. The van der Waals surface area contributed by atoms with Crippen molar-refractivity contribution in [1.82, 2.24) is 0 Å². The van der Waals surface area contributed by atoms with Gasteiger partial charge < -0.3 is 29.8 Å². The van der Waals surface area contributed by atoms with E-state index < -0.39 is 28.4 Å². The average Bonchev–Trinajstić information content (AvgIpc) is 2.15. The smallest absolute Gasteiger partial charge is 0.330 e. The minimum atomic E-state index is -3.13. The highest BCUT2D eigenvalue weighted by molar-refractivity contribution is 7.31. The third kappa shape index (κ3) is 91.5. The van der Waals surface area contributed by atoms with Gasteiger partial charge in [-0.1, -0.05) is 13.2 Å². The van der Waals surface area contributed by atoms with Gasteiger partial charge in [0.05, 0.1) is 0 Å². The van der Waals surface area contributed by atoms with Crippen molar-refractivity contribution in [1.29, 1.82) is 0 Å². The molecule has 0 aromatic rings. The van der Waals surface area contributed by atoms with Crippen molar-refractivity contribution in [3.8, 4) is 0 Å². The molecule has 0 bridgehead atoms. The Bertz CT molecular complexity index is 307. The van der Waals surface area contributed by atoms with Gasteiger partial charge in [-0.05, 0) is 13.8 Å². The molecule has 120 valence electrons. The van der Waals surface area contributed by atoms with Crippen molar-refractivity contribution in [3.05, 3.63) is 24.3 Å². The standard InChI is InChI=1S/2C4H6O2.2H3O3P/c2*1-3(2)4(5)6;2*1-4(2)3/h2*1H2,2H3,(H,5,6);2*4H,(H2,1,2,3). The Labute approximate surface area is 116 Å². The zero-order valence-corrected chi connectivity index (χ0v) is 12.7. The molecule has 0 atom stereocenters. The fourth-order valence-electron chi connectivity index (χ4n) is 0. The molecule has 12 heteroatoms. The van der Waals surface area contributed by atoms with E-state index in [-0.39, 0.29) is 11.1 Å². The van der Waals surface area contributed by atoms with Gasteiger partial charge in [0.15, 0.2) is 0 Å². The molecule has 0 heterocycles. The molecule has 0 saturated heterocycles. The molecule has 0 aliphatic rings. The summed E-state index contributed by atoms with van der Waals surface area (Å²) in [7, 11) is -6.26. The fraction of sp³-hybridized carbons (Fsp3) is 0.250. The second kappa shape index (κ2) is 17.7. The van der Waals surface area contributed by atoms with E-state index in [1.54, 1.807) is 0 Å². The van der Waals surface area contributed by atoms with E-state index in [0.29, 0.717) is 0 Å². The third-order valence-corrected chi connectivity index (χ3v) is 0.730. The number of carboxylic acids is 2. The van der Waals surface area contributed by atoms with Gasteiger partial charge >= 0.3 is 28.4 Å². The lowest BCUT2D eigenvalue weighted by Crippen LogP contribution is -1.92. The molecule has 6 N–H and O–H groups in total. The predicted molar refractivity (Wildman–Crippen MR) is 71.8 cm³/mol. The van der Waals surface area contributed by atoms with Gasteiger partial charge in [-0.2, -0.15) is 0 Å². The van der Waals surface area contributed by atoms with Crippen molar-refractivity contribution < 1.29 is 48.5 Å². The first kappa shape index (κ1) is 27.1. The zero-order valence-electron chi connectivity index (χ0n) is 10.7. The van der Waals surface area contributed by atoms with Crippen molar-refractivity contribution in [2.75, 3.05) is 0 Å². The Hall–Kier alpha value is -1.28. The molecule has 20 heavy (non-hydrogen) atoms. The quantitative estimate of drug-likeness (QED) is 0.296. The Morgan fingerprint density at radius 1 is 0.750 bits per heavy atom. The maximum absolute atomic E-state index is 9.60. The molecule has 0 aliphatic heterocycles. The minimum Gasteiger partial charge on any atom is -0.478 e. The average molecular weight is 336 g/mol. The van der Waals surface area contributed by atoms with Crippen LogP contribution in [-0.2, 0) is 18.7 Å². The van der Waals surface area contributed by atoms with Crippen LogP contribution in [0.25, 0.3) is 0 Å². The van der Waals surface area contributed by atoms with Crippen molar-refractivity contribution >= 4 is 28.4 Å². The second-order valence-corrected chi connectivity index (χ2v) is 3.87. The van der Waals surface area contributed by atoms with Gasteiger partial charge in [-0.25, -0.2) is 9.59 Å². The van der Waals surface area contributed by atoms with Gasteiger partial charge in [0, 0.05) is 11.1 Å². The lowest BCUT2D eigenvalue weighted by atomic mass is 10.4. The van der Waals surface area contributed by atoms with E-state index in [1.165, 1.54) is 13.8 Å². The summed E-state index contributed by atoms with van der Waals surface area (Å²) in [6.07, 6.45) is 0.